The normalized spacial score (nSPS) is 11.8. The molecule has 2 nitrogen and oxygen atoms in total. The van der Waals surface area contributed by atoms with Crippen LogP contribution in [-0.4, -0.2) is 18.9 Å². The molecule has 0 fully saturated rings. The molecule has 13 heavy (non-hydrogen) atoms. The van der Waals surface area contributed by atoms with Crippen LogP contribution in [0.15, 0.2) is 15.4 Å². The molecule has 70 valence electrons. The summed E-state index contributed by atoms with van der Waals surface area (Å²) < 4.78 is 0. The molecule has 0 amide bonds. The van der Waals surface area contributed by atoms with E-state index in [1.807, 2.05) is 5.38 Å². The number of hydrogen-bond donors (Lipinski definition) is 0. The largest absolute Gasteiger partial charge is 0.275 e. The third-order valence-corrected chi connectivity index (χ3v) is 3.62. The van der Waals surface area contributed by atoms with E-state index in [0.717, 1.165) is 21.5 Å². The molecule has 0 spiro atoms. The van der Waals surface area contributed by atoms with E-state index in [4.69, 9.17) is 11.6 Å². The van der Waals surface area contributed by atoms with Crippen molar-refractivity contribution >= 4 is 56.4 Å². The highest BCUT2D eigenvalue weighted by molar-refractivity contribution is 9.08. The molecule has 0 saturated heterocycles. The molecule has 1 rings (SSSR count). The van der Waals surface area contributed by atoms with Gasteiger partial charge in [-0.2, -0.15) is 0 Å². The Hall–Kier alpha value is -0.190. The fourth-order valence-corrected chi connectivity index (χ4v) is 2.72. The number of nitrogens with zero attached hydrogens (tertiary/aromatic N) is 2. The fraction of sp³-hybridized carbons (Fsp3) is 0.250. The summed E-state index contributed by atoms with van der Waals surface area (Å²) in [6.45, 7) is 3.51. The van der Waals surface area contributed by atoms with Gasteiger partial charge in [0.05, 0.1) is 10.6 Å². The molecule has 0 aliphatic carbocycles. The molecule has 5 heteroatoms. The maximum atomic E-state index is 5.90. The molecule has 0 unspecified atom stereocenters. The van der Waals surface area contributed by atoms with Crippen LogP contribution in [0.1, 0.15) is 10.4 Å². The lowest BCUT2D eigenvalue weighted by molar-refractivity contribution is 1.42. The van der Waals surface area contributed by atoms with Crippen LogP contribution in [0.2, 0.25) is 0 Å². The Balaban J connectivity index is 3.23. The summed E-state index contributed by atoms with van der Waals surface area (Å²) in [5.74, 6) is 0. The van der Waals surface area contributed by atoms with Crippen LogP contribution in [0.4, 0.5) is 5.69 Å². The molecule has 0 atom stereocenters. The molecule has 0 bridgehead atoms. The summed E-state index contributed by atoms with van der Waals surface area (Å²) >= 11 is 10.8. The van der Waals surface area contributed by atoms with Crippen molar-refractivity contribution in [2.24, 2.45) is 9.98 Å². The van der Waals surface area contributed by atoms with E-state index in [9.17, 15) is 0 Å². The molecular formula is C8H8BrClN2S. The van der Waals surface area contributed by atoms with Gasteiger partial charge in [0.1, 0.15) is 5.17 Å². The first-order chi connectivity index (χ1) is 6.24. The first-order valence-electron chi connectivity index (χ1n) is 3.50. The van der Waals surface area contributed by atoms with Crippen molar-refractivity contribution in [3.8, 4) is 0 Å². The van der Waals surface area contributed by atoms with Gasteiger partial charge in [-0.25, -0.2) is 0 Å². The number of hydrogen-bond acceptors (Lipinski definition) is 3. The van der Waals surface area contributed by atoms with Crippen molar-refractivity contribution in [2.45, 2.75) is 5.33 Å². The van der Waals surface area contributed by atoms with Crippen molar-refractivity contribution in [1.29, 1.82) is 0 Å². The van der Waals surface area contributed by atoms with Gasteiger partial charge in [0.2, 0.25) is 0 Å². The second-order valence-corrected chi connectivity index (χ2v) is 4.04. The molecule has 1 aromatic heterocycles. The van der Waals surface area contributed by atoms with Gasteiger partial charge in [-0.05, 0) is 17.7 Å². The smallest absolute Gasteiger partial charge is 0.142 e. The van der Waals surface area contributed by atoms with E-state index < -0.39 is 0 Å². The van der Waals surface area contributed by atoms with Crippen LogP contribution in [0.25, 0.3) is 0 Å². The maximum Gasteiger partial charge on any atom is 0.142 e. The van der Waals surface area contributed by atoms with Crippen LogP contribution in [0.3, 0.4) is 0 Å². The zero-order valence-electron chi connectivity index (χ0n) is 7.05. The number of thiophene rings is 1. The quantitative estimate of drug-likeness (QED) is 0.597. The lowest BCUT2D eigenvalue weighted by Gasteiger charge is -1.96. The average Bonchev–Trinajstić information content (AvgIpc) is 2.58. The van der Waals surface area contributed by atoms with E-state index in [1.165, 1.54) is 11.3 Å². The minimum atomic E-state index is 0.486. The third kappa shape index (κ3) is 2.18. The minimum absolute atomic E-state index is 0.486. The SMILES string of the molecule is C=Nc1c(CBr)csc1/C(Cl)=N\C. The molecule has 0 radical (unpaired) electrons. The Morgan fingerprint density at radius 1 is 1.77 bits per heavy atom. The predicted molar refractivity (Wildman–Crippen MR) is 64.5 cm³/mol. The molecular weight excluding hydrogens is 272 g/mol. The Morgan fingerprint density at radius 3 is 2.92 bits per heavy atom. The third-order valence-electron chi connectivity index (χ3n) is 1.52. The first kappa shape index (κ1) is 10.9. The zero-order chi connectivity index (χ0) is 9.84. The van der Waals surface area contributed by atoms with E-state index >= 15 is 0 Å². The van der Waals surface area contributed by atoms with Crippen LogP contribution in [0, 0.1) is 0 Å². The van der Waals surface area contributed by atoms with Crippen molar-refractivity contribution in [3.63, 3.8) is 0 Å². The van der Waals surface area contributed by atoms with Gasteiger partial charge in [-0.1, -0.05) is 27.5 Å². The number of aliphatic imine (C=N–C) groups is 2. The summed E-state index contributed by atoms with van der Waals surface area (Å²) in [5.41, 5.74) is 1.93. The van der Waals surface area contributed by atoms with E-state index in [0.29, 0.717) is 5.17 Å². The lowest BCUT2D eigenvalue weighted by atomic mass is 10.3. The summed E-state index contributed by atoms with van der Waals surface area (Å²) in [5, 5.41) is 3.24. The van der Waals surface area contributed by atoms with Crippen LogP contribution < -0.4 is 0 Å². The second kappa shape index (κ2) is 4.88. The van der Waals surface area contributed by atoms with Crippen LogP contribution >= 0.6 is 38.9 Å². The molecule has 1 aromatic rings. The summed E-state index contributed by atoms with van der Waals surface area (Å²) in [4.78, 5) is 8.72. The zero-order valence-corrected chi connectivity index (χ0v) is 10.2. The van der Waals surface area contributed by atoms with E-state index in [2.05, 4.69) is 32.6 Å². The Kier molecular flexibility index (Phi) is 4.09. The monoisotopic (exact) mass is 278 g/mol. The van der Waals surface area contributed by atoms with Gasteiger partial charge in [-0.3, -0.25) is 9.98 Å². The van der Waals surface area contributed by atoms with Gasteiger partial charge in [-0.15, -0.1) is 11.3 Å². The molecule has 0 aliphatic heterocycles. The molecule has 0 N–H and O–H groups in total. The second-order valence-electron chi connectivity index (χ2n) is 2.24. The van der Waals surface area contributed by atoms with Gasteiger partial charge in [0.25, 0.3) is 0 Å². The van der Waals surface area contributed by atoms with Crippen molar-refractivity contribution in [3.05, 3.63) is 15.8 Å². The van der Waals surface area contributed by atoms with Crippen LogP contribution in [0.5, 0.6) is 0 Å². The minimum Gasteiger partial charge on any atom is -0.275 e. The fourth-order valence-electron chi connectivity index (χ4n) is 0.904. The van der Waals surface area contributed by atoms with Crippen molar-refractivity contribution in [2.75, 3.05) is 7.05 Å². The van der Waals surface area contributed by atoms with Gasteiger partial charge in [0.15, 0.2) is 0 Å². The van der Waals surface area contributed by atoms with E-state index in [1.54, 1.807) is 7.05 Å². The average molecular weight is 280 g/mol. The highest BCUT2D eigenvalue weighted by Gasteiger charge is 2.12. The molecule has 1 heterocycles. The number of alkyl halides is 1. The molecule has 0 aliphatic rings. The standard InChI is InChI=1S/C8H8BrClN2S/c1-11-6-5(3-9)4-13-7(6)8(10)12-2/h4H,1,3H2,2H3/b12-8+. The van der Waals surface area contributed by atoms with Crippen LogP contribution in [-0.2, 0) is 5.33 Å². The van der Waals surface area contributed by atoms with Crippen molar-refractivity contribution in [1.82, 2.24) is 0 Å². The molecule has 0 aromatic carbocycles. The van der Waals surface area contributed by atoms with Gasteiger partial charge < -0.3 is 0 Å². The summed E-state index contributed by atoms with van der Waals surface area (Å²) in [6.07, 6.45) is 0. The highest BCUT2D eigenvalue weighted by Crippen LogP contribution is 2.33. The van der Waals surface area contributed by atoms with E-state index in [-0.39, 0.29) is 0 Å². The number of halogens is 2. The Labute approximate surface area is 94.5 Å². The van der Waals surface area contributed by atoms with Gasteiger partial charge in [0, 0.05) is 12.4 Å². The highest BCUT2D eigenvalue weighted by atomic mass is 79.9. The number of rotatable bonds is 3. The summed E-state index contributed by atoms with van der Waals surface area (Å²) in [6, 6.07) is 0. The maximum absolute atomic E-state index is 5.90. The molecule has 0 saturated carbocycles. The predicted octanol–water partition coefficient (Wildman–Crippen LogP) is 3.59. The summed E-state index contributed by atoms with van der Waals surface area (Å²) in [7, 11) is 1.66. The topological polar surface area (TPSA) is 24.7 Å². The Bertz CT molecular complexity index is 346. The van der Waals surface area contributed by atoms with Gasteiger partial charge >= 0.3 is 0 Å². The van der Waals surface area contributed by atoms with Crippen molar-refractivity contribution < 1.29 is 0 Å². The first-order valence-corrected chi connectivity index (χ1v) is 5.88. The lowest BCUT2D eigenvalue weighted by Crippen LogP contribution is -1.86. The Morgan fingerprint density at radius 2 is 2.46 bits per heavy atom.